The average molecular weight is 753 g/mol. The Morgan fingerprint density at radius 1 is 1.04 bits per heavy atom. The monoisotopic (exact) mass is 752 g/mol. The van der Waals surface area contributed by atoms with E-state index in [1.165, 1.54) is 12.1 Å². The number of nitrogens with two attached hydrogens (primary N) is 1. The normalized spacial score (nSPS) is 26.8. The van der Waals surface area contributed by atoms with Crippen LogP contribution in [0.2, 0.25) is 0 Å². The number of anilines is 1. The number of benzene rings is 2. The molecular weight excluding hydrogens is 708 g/mol. The van der Waals surface area contributed by atoms with Crippen molar-refractivity contribution in [1.82, 2.24) is 15.6 Å². The number of aromatic nitrogens is 1. The highest BCUT2D eigenvalue weighted by Gasteiger charge is 2.59. The lowest BCUT2D eigenvalue weighted by atomic mass is 9.79. The first kappa shape index (κ1) is 37.4. The van der Waals surface area contributed by atoms with Crippen molar-refractivity contribution in [2.75, 3.05) is 25.6 Å². The first-order valence-corrected chi connectivity index (χ1v) is 17.8. The number of rotatable bonds is 12. The zero-order valence-corrected chi connectivity index (χ0v) is 29.2. The number of H-pyrrole nitrogens is 1. The Hall–Kier alpha value is -4.88. The van der Waals surface area contributed by atoms with Crippen LogP contribution in [0.1, 0.15) is 44.2 Å². The Balaban J connectivity index is 1.20. The lowest BCUT2D eigenvalue weighted by Gasteiger charge is -2.47. The predicted octanol–water partition coefficient (Wildman–Crippen LogP) is 1.28. The van der Waals surface area contributed by atoms with E-state index in [1.807, 2.05) is 6.07 Å². The predicted molar refractivity (Wildman–Crippen MR) is 191 cm³/mol. The minimum atomic E-state index is -2.43. The molecule has 2 saturated heterocycles. The van der Waals surface area contributed by atoms with E-state index in [0.29, 0.717) is 56.2 Å². The molecule has 7 rings (SSSR count). The Morgan fingerprint density at radius 2 is 1.80 bits per heavy atom. The standard InChI is InChI=1S/C37H44N4O13/c38-27-9-6-20(41-27)10-13-50-22-7-4-19(5-8-22)24-14-23(42)28-25(51-24)15-26(31(29(28)43)54-36(48)11-2-1-3-12-36)52-35-30(44)32(45)37(49,33(53-35)34(46)47)16-21-17-39-18-40-21/h4-9,14-15,21,30,32-33,35,39-41,43-45,48-49H,1-3,10-13,16-18,38H2,(H,46,47). The van der Waals surface area contributed by atoms with E-state index in [4.69, 9.17) is 29.1 Å². The van der Waals surface area contributed by atoms with Gasteiger partial charge in [-0.3, -0.25) is 4.79 Å². The third-order valence-corrected chi connectivity index (χ3v) is 10.2. The van der Waals surface area contributed by atoms with Gasteiger partial charge in [-0.25, -0.2) is 4.79 Å². The number of aliphatic hydroxyl groups excluding tert-OH is 2. The number of carboxylic acids is 1. The molecule has 0 bridgehead atoms. The molecule has 0 spiro atoms. The Bertz CT molecular complexity index is 2020. The van der Waals surface area contributed by atoms with Gasteiger partial charge in [0.25, 0.3) is 0 Å². The number of ether oxygens (including phenoxy) is 4. The van der Waals surface area contributed by atoms with Crippen molar-refractivity contribution in [2.45, 2.75) is 87.0 Å². The molecule has 3 fully saturated rings. The van der Waals surface area contributed by atoms with E-state index >= 15 is 0 Å². The minimum absolute atomic E-state index is 0.112. The summed E-state index contributed by atoms with van der Waals surface area (Å²) in [5.74, 6) is -3.80. The summed E-state index contributed by atoms with van der Waals surface area (Å²) in [6, 6.07) is 12.3. The molecule has 2 aliphatic heterocycles. The Morgan fingerprint density at radius 3 is 2.46 bits per heavy atom. The fourth-order valence-electron chi connectivity index (χ4n) is 7.31. The summed E-state index contributed by atoms with van der Waals surface area (Å²) in [5, 5.41) is 72.5. The van der Waals surface area contributed by atoms with Crippen LogP contribution in [-0.4, -0.2) is 103 Å². The third-order valence-electron chi connectivity index (χ3n) is 10.2. The molecule has 1 aliphatic carbocycles. The molecule has 6 unspecified atom stereocenters. The van der Waals surface area contributed by atoms with Crippen molar-refractivity contribution >= 4 is 22.8 Å². The van der Waals surface area contributed by atoms with Crippen LogP contribution in [0.3, 0.4) is 0 Å². The van der Waals surface area contributed by atoms with Crippen molar-refractivity contribution in [3.8, 4) is 34.3 Å². The fraction of sp³-hybridized carbons (Fsp3) is 0.459. The molecular formula is C37H44N4O13. The number of aromatic amines is 1. The zero-order valence-electron chi connectivity index (χ0n) is 29.2. The van der Waals surface area contributed by atoms with E-state index in [1.54, 1.807) is 30.3 Å². The second kappa shape index (κ2) is 15.1. The maximum Gasteiger partial charge on any atom is 0.336 e. The van der Waals surface area contributed by atoms with Gasteiger partial charge in [0.2, 0.25) is 17.8 Å². The molecule has 4 aromatic rings. The van der Waals surface area contributed by atoms with Gasteiger partial charge in [0.1, 0.15) is 46.1 Å². The van der Waals surface area contributed by atoms with Gasteiger partial charge in [-0.2, -0.15) is 0 Å². The molecule has 2 aromatic carbocycles. The van der Waals surface area contributed by atoms with Gasteiger partial charge in [0.05, 0.1) is 6.61 Å². The average Bonchev–Trinajstić information content (AvgIpc) is 3.81. The zero-order chi connectivity index (χ0) is 38.2. The van der Waals surface area contributed by atoms with Gasteiger partial charge in [-0.05, 0) is 55.7 Å². The van der Waals surface area contributed by atoms with Crippen LogP contribution in [-0.2, 0) is 16.0 Å². The second-order valence-corrected chi connectivity index (χ2v) is 14.1. The largest absolute Gasteiger partial charge is 0.504 e. The summed E-state index contributed by atoms with van der Waals surface area (Å²) in [5.41, 5.74) is 3.86. The highest BCUT2D eigenvalue weighted by molar-refractivity contribution is 5.89. The first-order valence-electron chi connectivity index (χ1n) is 17.8. The van der Waals surface area contributed by atoms with Gasteiger partial charge in [-0.1, -0.05) is 6.42 Å². The number of hydrogen-bond donors (Lipinski definition) is 10. The smallest absolute Gasteiger partial charge is 0.336 e. The summed E-state index contributed by atoms with van der Waals surface area (Å²) >= 11 is 0. The number of phenolic OH excluding ortho intramolecular Hbond substituents is 1. The van der Waals surface area contributed by atoms with Crippen molar-refractivity contribution in [1.29, 1.82) is 0 Å². The molecule has 3 aliphatic rings. The molecule has 1 saturated carbocycles. The number of carboxylic acid groups (broad SMARTS) is 1. The van der Waals surface area contributed by atoms with E-state index in [-0.39, 0.29) is 36.0 Å². The summed E-state index contributed by atoms with van der Waals surface area (Å²) in [4.78, 5) is 29.0. The molecule has 0 radical (unpaired) electrons. The van der Waals surface area contributed by atoms with Crippen LogP contribution in [0.4, 0.5) is 5.82 Å². The van der Waals surface area contributed by atoms with Crippen molar-refractivity contribution < 1.29 is 58.8 Å². The van der Waals surface area contributed by atoms with Gasteiger partial charge in [0, 0.05) is 61.9 Å². The summed E-state index contributed by atoms with van der Waals surface area (Å²) in [6.45, 7) is 1.14. The summed E-state index contributed by atoms with van der Waals surface area (Å²) < 4.78 is 29.4. The number of nitrogen functional groups attached to an aromatic ring is 1. The molecule has 290 valence electrons. The SMILES string of the molecule is Nc1ccc(CCOc2ccc(-c3cc(=O)c4c(O)c(OC5(O)CCCCC5)c(OC5OC(C(=O)O)C(O)(CC6CNCN6)C(O)C5O)cc4o3)cc2)[nH]1. The van der Waals surface area contributed by atoms with Gasteiger partial charge < -0.3 is 75.4 Å². The number of nitrogens with one attached hydrogen (secondary N) is 3. The van der Waals surface area contributed by atoms with Crippen molar-refractivity contribution in [3.05, 3.63) is 64.4 Å². The number of fused-ring (bicyclic) bond motifs is 1. The van der Waals surface area contributed by atoms with Gasteiger partial charge in [-0.15, -0.1) is 0 Å². The maximum atomic E-state index is 13.6. The van der Waals surface area contributed by atoms with Crippen LogP contribution in [0.15, 0.2) is 57.7 Å². The molecule has 4 heterocycles. The van der Waals surface area contributed by atoms with E-state index in [2.05, 4.69) is 15.6 Å². The first-order chi connectivity index (χ1) is 25.8. The van der Waals surface area contributed by atoms with E-state index in [0.717, 1.165) is 12.1 Å². The van der Waals surface area contributed by atoms with Crippen LogP contribution in [0.5, 0.6) is 23.0 Å². The number of hydrogen-bond acceptors (Lipinski definition) is 15. The lowest BCUT2D eigenvalue weighted by molar-refractivity contribution is -0.307. The number of aliphatic carboxylic acids is 1. The number of carbonyl (C=O) groups is 1. The quantitative estimate of drug-likeness (QED) is 0.0913. The number of phenols is 1. The molecule has 6 atom stereocenters. The van der Waals surface area contributed by atoms with Crippen LogP contribution in [0.25, 0.3) is 22.3 Å². The molecule has 2 aromatic heterocycles. The van der Waals surface area contributed by atoms with Crippen LogP contribution < -0.4 is 36.0 Å². The number of aliphatic hydroxyl groups is 4. The van der Waals surface area contributed by atoms with Gasteiger partial charge >= 0.3 is 5.97 Å². The molecule has 17 heteroatoms. The lowest BCUT2D eigenvalue weighted by Crippen LogP contribution is -2.70. The maximum absolute atomic E-state index is 13.6. The highest BCUT2D eigenvalue weighted by atomic mass is 16.7. The van der Waals surface area contributed by atoms with E-state index < -0.39 is 70.7 Å². The Labute approximate surface area is 308 Å². The summed E-state index contributed by atoms with van der Waals surface area (Å²) in [7, 11) is 0. The third kappa shape index (κ3) is 7.56. The van der Waals surface area contributed by atoms with Crippen molar-refractivity contribution in [3.63, 3.8) is 0 Å². The van der Waals surface area contributed by atoms with Crippen LogP contribution in [0, 0.1) is 0 Å². The highest BCUT2D eigenvalue weighted by Crippen LogP contribution is 2.47. The van der Waals surface area contributed by atoms with E-state index in [9.17, 15) is 40.2 Å². The molecule has 54 heavy (non-hydrogen) atoms. The summed E-state index contributed by atoms with van der Waals surface area (Å²) in [6.07, 6.45) is -5.32. The molecule has 11 N–H and O–H groups in total. The fourth-order valence-corrected chi connectivity index (χ4v) is 7.31. The van der Waals surface area contributed by atoms with Crippen molar-refractivity contribution in [2.24, 2.45) is 0 Å². The topological polar surface area (TPSA) is 271 Å². The van der Waals surface area contributed by atoms with Crippen LogP contribution >= 0.6 is 0 Å². The second-order valence-electron chi connectivity index (χ2n) is 14.1. The molecule has 17 nitrogen and oxygen atoms in total. The molecule has 0 amide bonds. The van der Waals surface area contributed by atoms with Gasteiger partial charge in [0.15, 0.2) is 23.0 Å². The number of aromatic hydroxyl groups is 1. The Kier molecular flexibility index (Phi) is 10.5. The minimum Gasteiger partial charge on any atom is -0.504 e.